The molecule has 0 saturated heterocycles. The molecule has 0 fully saturated rings. The van der Waals surface area contributed by atoms with Crippen molar-refractivity contribution in [3.63, 3.8) is 0 Å². The molecule has 18 nitrogen and oxygen atoms in total. The van der Waals surface area contributed by atoms with E-state index >= 15 is 0 Å². The molecule has 26 heteroatoms. The minimum Gasteiger partial charge on any atom is -0.744 e. The van der Waals surface area contributed by atoms with Crippen LogP contribution in [0.2, 0.25) is 20.1 Å². The number of anilines is 12. The minimum atomic E-state index is -5.17. The maximum absolute atomic E-state index is 12.7. The van der Waals surface area contributed by atoms with Gasteiger partial charge < -0.3 is 41.0 Å². The zero-order valence-electron chi connectivity index (χ0n) is 36.3. The van der Waals surface area contributed by atoms with E-state index in [1.165, 1.54) is 36.4 Å². The van der Waals surface area contributed by atoms with Crippen LogP contribution in [0.15, 0.2) is 143 Å². The maximum atomic E-state index is 12.7. The second kappa shape index (κ2) is 23.8. The molecular formula is C44H30Cl4N12Na2O6S2. The van der Waals surface area contributed by atoms with Gasteiger partial charge in [-0.05, 0) is 83.9 Å². The van der Waals surface area contributed by atoms with Crippen molar-refractivity contribution < 1.29 is 85.1 Å². The maximum Gasteiger partial charge on any atom is 1.00 e. The number of para-hydroxylation sites is 4. The number of halogens is 4. The predicted octanol–water partition coefficient (Wildman–Crippen LogP) is 5.12. The van der Waals surface area contributed by atoms with E-state index in [2.05, 4.69) is 61.8 Å². The van der Waals surface area contributed by atoms with Crippen LogP contribution in [0.5, 0.6) is 0 Å². The van der Waals surface area contributed by atoms with Crippen molar-refractivity contribution in [2.24, 2.45) is 0 Å². The fourth-order valence-corrected chi connectivity index (χ4v) is 8.31. The molecule has 8 aromatic rings. The van der Waals surface area contributed by atoms with E-state index < -0.39 is 30.0 Å². The van der Waals surface area contributed by atoms with Crippen LogP contribution in [0.1, 0.15) is 11.1 Å². The normalized spacial score (nSPS) is 11.2. The first-order chi connectivity index (χ1) is 32.5. The van der Waals surface area contributed by atoms with Crippen molar-refractivity contribution in [2.75, 3.05) is 31.9 Å². The summed E-state index contributed by atoms with van der Waals surface area (Å²) in [7, 11) is -10.3. The molecule has 0 bridgehead atoms. The third-order valence-corrected chi connectivity index (χ3v) is 12.4. The van der Waals surface area contributed by atoms with Crippen LogP contribution in [-0.2, 0) is 20.2 Å². The molecule has 6 aromatic carbocycles. The molecule has 8 rings (SSSR count). The first-order valence-electron chi connectivity index (χ1n) is 19.5. The van der Waals surface area contributed by atoms with Crippen molar-refractivity contribution >= 4 is 149 Å². The standard InChI is InChI=1S/C44H32Cl4N12O6S2.2Na/c45-29-9-1-5-13-33(29)51-41-55-39(56-42(59-41)52-34-14-6-2-10-30(34)46)49-27-21-19-25(37(23-27)67(61,62)63)17-18-26-20-22-28(24-38(26)68(64,65)66)50-40-57-43(53-35-15-7-3-11-31(35)47)60-44(58-40)54-36-16-8-4-12-32(36)48;;/h1-24H,(H,61,62,63)(H,64,65,66)(H3,49,51,52,55,56,59)(H3,50,53,54,57,58,60);;/q;2*+1/p-2. The third kappa shape index (κ3) is 14.3. The summed E-state index contributed by atoms with van der Waals surface area (Å²) in [5.74, 6) is -0.0375. The number of hydrogen-bond donors (Lipinski definition) is 6. The summed E-state index contributed by atoms with van der Waals surface area (Å²) in [6.07, 6.45) is 2.36. The van der Waals surface area contributed by atoms with Gasteiger partial charge in [-0.25, -0.2) is 16.8 Å². The van der Waals surface area contributed by atoms with E-state index in [0.29, 0.717) is 42.8 Å². The van der Waals surface area contributed by atoms with Crippen molar-refractivity contribution in [3.8, 4) is 0 Å². The Hall–Kier alpha value is -5.14. The molecule has 6 N–H and O–H groups in total. The molecule has 2 aromatic heterocycles. The first kappa shape index (κ1) is 54.2. The van der Waals surface area contributed by atoms with Gasteiger partial charge in [0.1, 0.15) is 20.2 Å². The molecule has 0 aliphatic carbocycles. The molecule has 0 aliphatic rings. The molecule has 2 heterocycles. The molecule has 70 heavy (non-hydrogen) atoms. The van der Waals surface area contributed by atoms with Gasteiger partial charge in [-0.15, -0.1) is 0 Å². The van der Waals surface area contributed by atoms with Gasteiger partial charge in [-0.3, -0.25) is 0 Å². The quantitative estimate of drug-likeness (QED) is 0.0417. The largest absolute Gasteiger partial charge is 1.00 e. The number of nitrogens with zero attached hydrogens (tertiary/aromatic N) is 6. The van der Waals surface area contributed by atoms with E-state index in [1.54, 1.807) is 97.1 Å². The minimum absolute atomic E-state index is 0. The average Bonchev–Trinajstić information content (AvgIpc) is 3.29. The summed E-state index contributed by atoms with van der Waals surface area (Å²) in [6.45, 7) is 0. The molecule has 0 saturated carbocycles. The van der Waals surface area contributed by atoms with Crippen LogP contribution in [-0.4, -0.2) is 55.8 Å². The first-order valence-corrected chi connectivity index (χ1v) is 23.9. The summed E-state index contributed by atoms with van der Waals surface area (Å²) < 4.78 is 76.1. The fraction of sp³-hybridized carbons (Fsp3) is 0. The summed E-state index contributed by atoms with van der Waals surface area (Å²) in [5, 5.41) is 19.4. The van der Waals surface area contributed by atoms with Gasteiger partial charge in [0.15, 0.2) is 0 Å². The van der Waals surface area contributed by atoms with Gasteiger partial charge >= 0.3 is 59.1 Å². The third-order valence-electron chi connectivity index (χ3n) is 9.27. The van der Waals surface area contributed by atoms with Crippen LogP contribution in [0.3, 0.4) is 0 Å². The van der Waals surface area contributed by atoms with E-state index in [1.807, 2.05) is 0 Å². The predicted molar refractivity (Wildman–Crippen MR) is 263 cm³/mol. The molecule has 0 radical (unpaired) electrons. The van der Waals surface area contributed by atoms with Gasteiger partial charge in [-0.2, -0.15) is 29.9 Å². The molecule has 344 valence electrons. The second-order valence-corrected chi connectivity index (χ2v) is 18.4. The number of nitrogens with one attached hydrogen (secondary N) is 6. The van der Waals surface area contributed by atoms with Gasteiger partial charge in [0.2, 0.25) is 35.7 Å². The Labute approximate surface area is 465 Å². The Kier molecular flexibility index (Phi) is 18.5. The van der Waals surface area contributed by atoms with Gasteiger partial charge in [0.05, 0.1) is 52.6 Å². The zero-order valence-corrected chi connectivity index (χ0v) is 45.0. The Morgan fingerprint density at radius 3 is 0.857 bits per heavy atom. The average molecular weight is 1070 g/mol. The Balaban J connectivity index is 0.00000402. The molecule has 0 atom stereocenters. The Morgan fingerprint density at radius 2 is 0.614 bits per heavy atom. The second-order valence-electron chi connectivity index (χ2n) is 14.0. The van der Waals surface area contributed by atoms with Crippen molar-refractivity contribution in [3.05, 3.63) is 165 Å². The summed E-state index contributed by atoms with van der Waals surface area (Å²) >= 11 is 25.4. The summed E-state index contributed by atoms with van der Waals surface area (Å²) in [4.78, 5) is 25.0. The van der Waals surface area contributed by atoms with E-state index in [-0.39, 0.29) is 117 Å². The number of rotatable bonds is 16. The fourth-order valence-electron chi connectivity index (χ4n) is 6.19. The van der Waals surface area contributed by atoms with Gasteiger partial charge in [0, 0.05) is 11.4 Å². The van der Waals surface area contributed by atoms with Crippen molar-refractivity contribution in [2.45, 2.75) is 9.79 Å². The summed E-state index contributed by atoms with van der Waals surface area (Å²) in [6, 6.07) is 35.0. The number of benzene rings is 6. The van der Waals surface area contributed by atoms with Crippen LogP contribution in [0, 0.1) is 0 Å². The monoisotopic (exact) mass is 1070 g/mol. The van der Waals surface area contributed by atoms with E-state index in [4.69, 9.17) is 46.4 Å². The SMILES string of the molecule is O=S(=O)([O-])c1cc(Nc2nc(Nc3ccccc3Cl)nc(Nc3ccccc3Cl)n2)ccc1C=Cc1ccc(Nc2nc(Nc3ccccc3Cl)nc(Nc3ccccc3Cl)n2)cc1S(=O)(=O)[O-].[Na+].[Na+]. The molecule has 0 aliphatic heterocycles. The number of aromatic nitrogens is 6. The topological polar surface area (TPSA) is 264 Å². The zero-order chi connectivity index (χ0) is 48.0. The van der Waals surface area contributed by atoms with Crippen molar-refractivity contribution in [1.29, 1.82) is 0 Å². The molecule has 0 spiro atoms. The Morgan fingerprint density at radius 1 is 0.371 bits per heavy atom. The number of hydrogen-bond acceptors (Lipinski definition) is 18. The van der Waals surface area contributed by atoms with Gasteiger partial charge in [0.25, 0.3) is 0 Å². The van der Waals surface area contributed by atoms with E-state index in [9.17, 15) is 25.9 Å². The Bertz CT molecular complexity index is 3120. The van der Waals surface area contributed by atoms with Crippen molar-refractivity contribution in [1.82, 2.24) is 29.9 Å². The van der Waals surface area contributed by atoms with Crippen LogP contribution in [0.25, 0.3) is 12.2 Å². The summed E-state index contributed by atoms with van der Waals surface area (Å²) in [5.41, 5.74) is 1.76. The molecule has 0 unspecified atom stereocenters. The van der Waals surface area contributed by atoms with E-state index in [0.717, 1.165) is 12.1 Å². The molecular weight excluding hydrogens is 1040 g/mol. The van der Waals surface area contributed by atoms with Crippen LogP contribution < -0.4 is 91.0 Å². The van der Waals surface area contributed by atoms with Gasteiger partial charge in [-0.1, -0.05) is 119 Å². The smallest absolute Gasteiger partial charge is 0.744 e. The molecule has 0 amide bonds. The van der Waals surface area contributed by atoms with Crippen LogP contribution >= 0.6 is 46.4 Å². The van der Waals surface area contributed by atoms with Crippen LogP contribution in [0.4, 0.5) is 69.8 Å².